The zero-order valence-corrected chi connectivity index (χ0v) is 20.8. The fourth-order valence-electron chi connectivity index (χ4n) is 3.40. The number of ether oxygens (including phenoxy) is 1. The molecule has 3 amide bonds. The Labute approximate surface area is 212 Å². The summed E-state index contributed by atoms with van der Waals surface area (Å²) in [5.74, 6) is -0.280. The lowest BCUT2D eigenvalue weighted by molar-refractivity contribution is -0.123. The maximum atomic E-state index is 12.9. The number of hydrogen-bond donors (Lipinski definition) is 1. The zero-order chi connectivity index (χ0) is 24.9. The van der Waals surface area contributed by atoms with Crippen LogP contribution in [0.15, 0.2) is 71.6 Å². The molecule has 0 saturated carbocycles. The lowest BCUT2D eigenvalue weighted by Gasteiger charge is -2.12. The Morgan fingerprint density at radius 1 is 1.06 bits per heavy atom. The predicted octanol–water partition coefficient (Wildman–Crippen LogP) is 6.21. The molecule has 1 N–H and O–H groups in total. The van der Waals surface area contributed by atoms with Crippen LogP contribution < -0.4 is 10.1 Å². The summed E-state index contributed by atoms with van der Waals surface area (Å²) >= 11 is 7.00. The third kappa shape index (κ3) is 6.12. The molecule has 1 fully saturated rings. The average Bonchev–Trinajstić information content (AvgIpc) is 3.09. The number of rotatable bonds is 7. The average molecular weight is 507 g/mol. The fraction of sp³-hybridized carbons (Fsp3) is 0.148. The van der Waals surface area contributed by atoms with E-state index in [0.717, 1.165) is 28.5 Å². The number of thioether (sulfide) groups is 1. The molecule has 3 aromatic carbocycles. The molecule has 178 valence electrons. The first-order valence-electron chi connectivity index (χ1n) is 10.9. The van der Waals surface area contributed by atoms with Gasteiger partial charge in [0.25, 0.3) is 17.1 Å². The van der Waals surface area contributed by atoms with Gasteiger partial charge in [-0.05, 0) is 61.0 Å². The van der Waals surface area contributed by atoms with Crippen molar-refractivity contribution in [1.29, 1.82) is 0 Å². The van der Waals surface area contributed by atoms with Gasteiger partial charge in [-0.25, -0.2) is 0 Å². The molecular weight excluding hydrogens is 484 g/mol. The Morgan fingerprint density at radius 2 is 1.80 bits per heavy atom. The SMILES string of the molecule is Cc1ccc(CN2C(=O)S/C(=C\c3ccccc3OCC(=O)Nc3ccc(C)c(Cl)c3)C2=O)cc1. The van der Waals surface area contributed by atoms with Gasteiger partial charge in [-0.15, -0.1) is 0 Å². The third-order valence-corrected chi connectivity index (χ3v) is 6.67. The molecule has 0 aromatic heterocycles. The van der Waals surface area contributed by atoms with Crippen LogP contribution in [0.2, 0.25) is 5.02 Å². The number of halogens is 1. The van der Waals surface area contributed by atoms with Crippen LogP contribution in [0.25, 0.3) is 6.08 Å². The second kappa shape index (κ2) is 10.8. The van der Waals surface area contributed by atoms with Crippen molar-refractivity contribution in [2.45, 2.75) is 20.4 Å². The fourth-order valence-corrected chi connectivity index (χ4v) is 4.41. The zero-order valence-electron chi connectivity index (χ0n) is 19.2. The number of anilines is 1. The molecule has 0 unspecified atom stereocenters. The number of aryl methyl sites for hydroxylation is 2. The maximum Gasteiger partial charge on any atom is 0.293 e. The Kier molecular flexibility index (Phi) is 7.58. The van der Waals surface area contributed by atoms with Crippen LogP contribution in [0, 0.1) is 13.8 Å². The summed E-state index contributed by atoms with van der Waals surface area (Å²) in [6.45, 7) is 3.84. The van der Waals surface area contributed by atoms with E-state index in [9.17, 15) is 14.4 Å². The van der Waals surface area contributed by atoms with Gasteiger partial charge in [0.2, 0.25) is 0 Å². The summed E-state index contributed by atoms with van der Waals surface area (Å²) < 4.78 is 5.72. The van der Waals surface area contributed by atoms with Crippen molar-refractivity contribution in [1.82, 2.24) is 4.90 Å². The first-order chi connectivity index (χ1) is 16.8. The molecule has 3 aromatic rings. The number of nitrogens with one attached hydrogen (secondary N) is 1. The molecular formula is C27H23ClN2O4S. The molecule has 0 atom stereocenters. The van der Waals surface area contributed by atoms with Crippen LogP contribution in [0.4, 0.5) is 10.5 Å². The first-order valence-corrected chi connectivity index (χ1v) is 12.1. The van der Waals surface area contributed by atoms with E-state index in [2.05, 4.69) is 5.32 Å². The highest BCUT2D eigenvalue weighted by atomic mass is 35.5. The van der Waals surface area contributed by atoms with Gasteiger partial charge in [0.1, 0.15) is 5.75 Å². The van der Waals surface area contributed by atoms with Crippen LogP contribution in [0.5, 0.6) is 5.75 Å². The minimum Gasteiger partial charge on any atom is -0.483 e. The number of nitrogens with zero attached hydrogens (tertiary/aromatic N) is 1. The van der Waals surface area contributed by atoms with Gasteiger partial charge in [0, 0.05) is 16.3 Å². The second-order valence-electron chi connectivity index (χ2n) is 8.09. The molecule has 4 rings (SSSR count). The normalized spacial score (nSPS) is 14.5. The highest BCUT2D eigenvalue weighted by molar-refractivity contribution is 8.18. The molecule has 0 aliphatic carbocycles. The molecule has 1 heterocycles. The highest BCUT2D eigenvalue weighted by Gasteiger charge is 2.35. The van der Waals surface area contributed by atoms with Crippen molar-refractivity contribution in [3.63, 3.8) is 0 Å². The van der Waals surface area contributed by atoms with Gasteiger partial charge < -0.3 is 10.1 Å². The number of imide groups is 1. The van der Waals surface area contributed by atoms with Crippen LogP contribution in [-0.2, 0) is 16.1 Å². The number of benzene rings is 3. The Balaban J connectivity index is 1.43. The third-order valence-electron chi connectivity index (χ3n) is 5.35. The van der Waals surface area contributed by atoms with E-state index in [4.69, 9.17) is 16.3 Å². The number of amides is 3. The van der Waals surface area contributed by atoms with Gasteiger partial charge >= 0.3 is 0 Å². The minimum absolute atomic E-state index is 0.212. The van der Waals surface area contributed by atoms with Crippen molar-refractivity contribution >= 4 is 52.2 Å². The van der Waals surface area contributed by atoms with Gasteiger partial charge in [-0.2, -0.15) is 0 Å². The summed E-state index contributed by atoms with van der Waals surface area (Å²) in [5.41, 5.74) is 4.07. The molecule has 0 spiro atoms. The van der Waals surface area contributed by atoms with E-state index in [1.807, 2.05) is 44.2 Å². The van der Waals surface area contributed by atoms with Crippen LogP contribution >= 0.6 is 23.4 Å². The molecule has 8 heteroatoms. The lowest BCUT2D eigenvalue weighted by atomic mass is 10.1. The topological polar surface area (TPSA) is 75.7 Å². The van der Waals surface area contributed by atoms with Gasteiger partial charge in [0.15, 0.2) is 6.61 Å². The van der Waals surface area contributed by atoms with E-state index in [-0.39, 0.29) is 30.2 Å². The summed E-state index contributed by atoms with van der Waals surface area (Å²) in [7, 11) is 0. The smallest absolute Gasteiger partial charge is 0.293 e. The van der Waals surface area contributed by atoms with E-state index in [1.165, 1.54) is 4.90 Å². The molecule has 1 saturated heterocycles. The number of carbonyl (C=O) groups is 3. The van der Waals surface area contributed by atoms with Crippen molar-refractivity contribution < 1.29 is 19.1 Å². The number of carbonyl (C=O) groups excluding carboxylic acids is 3. The molecule has 35 heavy (non-hydrogen) atoms. The monoisotopic (exact) mass is 506 g/mol. The van der Waals surface area contributed by atoms with Crippen molar-refractivity contribution in [3.05, 3.63) is 98.9 Å². The van der Waals surface area contributed by atoms with Crippen LogP contribution in [0.1, 0.15) is 22.3 Å². The Bertz CT molecular complexity index is 1320. The highest BCUT2D eigenvalue weighted by Crippen LogP contribution is 2.35. The summed E-state index contributed by atoms with van der Waals surface area (Å²) in [4.78, 5) is 39.3. The largest absolute Gasteiger partial charge is 0.483 e. The molecule has 0 bridgehead atoms. The van der Waals surface area contributed by atoms with Crippen LogP contribution in [0.3, 0.4) is 0 Å². The first kappa shape index (κ1) is 24.6. The quantitative estimate of drug-likeness (QED) is 0.385. The molecule has 1 aliphatic heterocycles. The standard InChI is InChI=1S/C27H23ClN2O4S/c1-17-7-10-19(11-8-17)15-30-26(32)24(35-27(30)33)13-20-5-3-4-6-23(20)34-16-25(31)29-21-12-9-18(2)22(28)14-21/h3-14H,15-16H2,1-2H3,(H,29,31)/b24-13-. The summed E-state index contributed by atoms with van der Waals surface area (Å²) in [6, 6.07) is 20.0. The number of para-hydroxylation sites is 1. The maximum absolute atomic E-state index is 12.9. The van der Waals surface area contributed by atoms with E-state index in [0.29, 0.717) is 26.9 Å². The Morgan fingerprint density at radius 3 is 2.54 bits per heavy atom. The van der Waals surface area contributed by atoms with E-state index < -0.39 is 0 Å². The van der Waals surface area contributed by atoms with Crippen LogP contribution in [-0.4, -0.2) is 28.6 Å². The summed E-state index contributed by atoms with van der Waals surface area (Å²) in [6.07, 6.45) is 1.62. The minimum atomic E-state index is -0.357. The lowest BCUT2D eigenvalue weighted by Crippen LogP contribution is -2.27. The van der Waals surface area contributed by atoms with Crippen molar-refractivity contribution in [2.24, 2.45) is 0 Å². The van der Waals surface area contributed by atoms with Gasteiger partial charge in [0.05, 0.1) is 11.4 Å². The molecule has 6 nitrogen and oxygen atoms in total. The number of hydrogen-bond acceptors (Lipinski definition) is 5. The van der Waals surface area contributed by atoms with Crippen molar-refractivity contribution in [2.75, 3.05) is 11.9 Å². The van der Waals surface area contributed by atoms with E-state index in [1.54, 1.807) is 42.5 Å². The Hall–Kier alpha value is -3.55. The molecule has 1 aliphatic rings. The van der Waals surface area contributed by atoms with Gasteiger partial charge in [-0.1, -0.05) is 65.7 Å². The molecule has 0 radical (unpaired) electrons. The summed E-state index contributed by atoms with van der Waals surface area (Å²) in [5, 5.41) is 2.98. The second-order valence-corrected chi connectivity index (χ2v) is 9.49. The van der Waals surface area contributed by atoms with E-state index >= 15 is 0 Å². The predicted molar refractivity (Wildman–Crippen MR) is 139 cm³/mol. The van der Waals surface area contributed by atoms with Gasteiger partial charge in [-0.3, -0.25) is 19.3 Å². The van der Waals surface area contributed by atoms with Crippen molar-refractivity contribution in [3.8, 4) is 5.75 Å².